The van der Waals surface area contributed by atoms with Crippen LogP contribution in [-0.4, -0.2) is 56.8 Å². The van der Waals surface area contributed by atoms with Gasteiger partial charge in [0.15, 0.2) is 0 Å². The van der Waals surface area contributed by atoms with E-state index in [1.807, 2.05) is 25.1 Å². The third-order valence-corrected chi connectivity index (χ3v) is 6.35. The number of carboxylic acid groups (broad SMARTS) is 1. The molecule has 1 fully saturated rings. The molecule has 1 aromatic carbocycles. The lowest BCUT2D eigenvalue weighted by Gasteiger charge is -2.28. The molecular formula is C25H36N4O5. The number of aliphatic carboxylic acids is 1. The van der Waals surface area contributed by atoms with E-state index in [1.165, 1.54) is 0 Å². The third kappa shape index (κ3) is 6.48. The van der Waals surface area contributed by atoms with E-state index < -0.39 is 5.97 Å². The van der Waals surface area contributed by atoms with Crippen LogP contribution in [0.5, 0.6) is 5.75 Å². The van der Waals surface area contributed by atoms with E-state index in [2.05, 4.69) is 24.2 Å². The smallest absolute Gasteiger partial charge is 0.409 e. The summed E-state index contributed by atoms with van der Waals surface area (Å²) in [6.45, 7) is 6.90. The predicted octanol–water partition coefficient (Wildman–Crippen LogP) is 4.43. The van der Waals surface area contributed by atoms with Gasteiger partial charge in [-0.2, -0.15) is 0 Å². The number of aryl methyl sites for hydroxylation is 2. The summed E-state index contributed by atoms with van der Waals surface area (Å²) < 4.78 is 13.3. The fourth-order valence-corrected chi connectivity index (χ4v) is 4.13. The van der Waals surface area contributed by atoms with Gasteiger partial charge in [-0.05, 0) is 68.7 Å². The Kier molecular flexibility index (Phi) is 8.52. The Bertz CT molecular complexity index is 1000. The highest BCUT2D eigenvalue weighted by atomic mass is 16.6. The number of ether oxygens (including phenoxy) is 2. The van der Waals surface area contributed by atoms with E-state index in [4.69, 9.17) is 9.47 Å². The second-order valence-corrected chi connectivity index (χ2v) is 9.59. The number of nitrogens with zero attached hydrogens (tertiary/aromatic N) is 4. The Morgan fingerprint density at radius 3 is 2.74 bits per heavy atom. The zero-order chi connectivity index (χ0) is 24.8. The first-order valence-electron chi connectivity index (χ1n) is 11.9. The summed E-state index contributed by atoms with van der Waals surface area (Å²) in [5.74, 6) is 0.161. The van der Waals surface area contributed by atoms with Crippen LogP contribution >= 0.6 is 0 Å². The van der Waals surface area contributed by atoms with Crippen LogP contribution < -0.4 is 4.74 Å². The second-order valence-electron chi connectivity index (χ2n) is 9.59. The highest BCUT2D eigenvalue weighted by molar-refractivity contribution is 5.70. The second kappa shape index (κ2) is 11.4. The zero-order valence-electron chi connectivity index (χ0n) is 20.8. The number of amides is 1. The van der Waals surface area contributed by atoms with Gasteiger partial charge in [0, 0.05) is 26.2 Å². The number of benzene rings is 1. The molecule has 1 amide bonds. The molecule has 34 heavy (non-hydrogen) atoms. The van der Waals surface area contributed by atoms with E-state index >= 15 is 0 Å². The number of hydrogen-bond donors (Lipinski definition) is 1. The number of rotatable bonds is 9. The van der Waals surface area contributed by atoms with Crippen LogP contribution in [-0.2, 0) is 23.2 Å². The zero-order valence-corrected chi connectivity index (χ0v) is 20.8. The van der Waals surface area contributed by atoms with Crippen molar-refractivity contribution in [2.75, 3.05) is 13.6 Å². The Balaban J connectivity index is 1.67. The van der Waals surface area contributed by atoms with Crippen molar-refractivity contribution in [3.8, 4) is 17.0 Å². The Labute approximate surface area is 201 Å². The predicted molar refractivity (Wildman–Crippen MR) is 127 cm³/mol. The fourth-order valence-electron chi connectivity index (χ4n) is 4.13. The Morgan fingerprint density at radius 1 is 1.29 bits per heavy atom. The van der Waals surface area contributed by atoms with Crippen molar-refractivity contribution in [2.24, 2.45) is 18.9 Å². The molecule has 1 aromatic heterocycles. The molecule has 3 rings (SSSR count). The fraction of sp³-hybridized carbons (Fsp3) is 0.600. The molecule has 9 nitrogen and oxygen atoms in total. The van der Waals surface area contributed by atoms with E-state index in [1.54, 1.807) is 23.7 Å². The van der Waals surface area contributed by atoms with Gasteiger partial charge in [0.1, 0.15) is 23.7 Å². The van der Waals surface area contributed by atoms with Gasteiger partial charge in [0.2, 0.25) is 0 Å². The van der Waals surface area contributed by atoms with Crippen molar-refractivity contribution in [1.29, 1.82) is 0 Å². The molecule has 0 spiro atoms. The SMILES string of the molecule is Cc1cc(-c2nnn(C)c2COC(=O)N(C)CCC(C)C)ccc1O[C@@H]1CCC[C@@H](C(=O)O)C1. The number of carboxylic acids is 1. The molecule has 0 bridgehead atoms. The largest absolute Gasteiger partial charge is 0.490 e. The summed E-state index contributed by atoms with van der Waals surface area (Å²) in [7, 11) is 3.51. The Morgan fingerprint density at radius 2 is 2.06 bits per heavy atom. The Hall–Kier alpha value is -3.10. The lowest BCUT2D eigenvalue weighted by Crippen LogP contribution is -2.29. The van der Waals surface area contributed by atoms with Crippen LogP contribution in [0.15, 0.2) is 18.2 Å². The molecule has 9 heteroatoms. The molecule has 1 N–H and O–H groups in total. The topological polar surface area (TPSA) is 107 Å². The van der Waals surface area contributed by atoms with Crippen LogP contribution in [0, 0.1) is 18.8 Å². The maximum absolute atomic E-state index is 12.4. The van der Waals surface area contributed by atoms with Gasteiger partial charge in [0.25, 0.3) is 0 Å². The van der Waals surface area contributed by atoms with Gasteiger partial charge < -0.3 is 19.5 Å². The molecule has 2 atom stereocenters. The summed E-state index contributed by atoms with van der Waals surface area (Å²) in [5, 5.41) is 17.7. The van der Waals surface area contributed by atoms with Crippen LogP contribution in [0.4, 0.5) is 4.79 Å². The van der Waals surface area contributed by atoms with Crippen LogP contribution in [0.2, 0.25) is 0 Å². The maximum Gasteiger partial charge on any atom is 0.409 e. The standard InChI is InChI=1S/C25H36N4O5/c1-16(2)11-12-28(4)25(32)33-15-21-23(26-27-29(21)5)18-9-10-22(17(3)13-18)34-20-8-6-7-19(14-20)24(30)31/h9-10,13,16,19-20H,6-8,11-12,14-15H2,1-5H3,(H,30,31)/t19-,20-/m1/s1. The lowest BCUT2D eigenvalue weighted by atomic mass is 9.87. The minimum absolute atomic E-state index is 0.0691. The first-order valence-corrected chi connectivity index (χ1v) is 11.9. The molecule has 0 aliphatic heterocycles. The van der Waals surface area contributed by atoms with Crippen molar-refractivity contribution < 1.29 is 24.2 Å². The normalized spacial score (nSPS) is 18.1. The number of hydrogen-bond acceptors (Lipinski definition) is 6. The third-order valence-electron chi connectivity index (χ3n) is 6.35. The highest BCUT2D eigenvalue weighted by Gasteiger charge is 2.28. The average Bonchev–Trinajstić information content (AvgIpc) is 3.17. The van der Waals surface area contributed by atoms with Crippen LogP contribution in [0.1, 0.15) is 57.2 Å². The minimum Gasteiger partial charge on any atom is -0.490 e. The molecule has 1 heterocycles. The maximum atomic E-state index is 12.4. The van der Waals surface area contributed by atoms with E-state index in [9.17, 15) is 14.7 Å². The van der Waals surface area contributed by atoms with Gasteiger partial charge in [-0.25, -0.2) is 9.48 Å². The molecule has 0 radical (unpaired) electrons. The quantitative estimate of drug-likeness (QED) is 0.575. The van der Waals surface area contributed by atoms with Crippen molar-refractivity contribution in [3.63, 3.8) is 0 Å². The summed E-state index contributed by atoms with van der Waals surface area (Å²) >= 11 is 0. The van der Waals surface area contributed by atoms with E-state index in [-0.39, 0.29) is 24.7 Å². The van der Waals surface area contributed by atoms with E-state index in [0.29, 0.717) is 36.7 Å². The summed E-state index contributed by atoms with van der Waals surface area (Å²) in [6, 6.07) is 5.76. The number of carbonyl (C=O) groups is 2. The molecule has 1 saturated carbocycles. The first kappa shape index (κ1) is 25.5. The molecule has 1 aliphatic carbocycles. The monoisotopic (exact) mass is 472 g/mol. The molecule has 0 unspecified atom stereocenters. The van der Waals surface area contributed by atoms with E-state index in [0.717, 1.165) is 36.1 Å². The van der Waals surface area contributed by atoms with Crippen molar-refractivity contribution in [3.05, 3.63) is 29.5 Å². The summed E-state index contributed by atoms with van der Waals surface area (Å²) in [4.78, 5) is 25.3. The lowest BCUT2D eigenvalue weighted by molar-refractivity contribution is -0.143. The van der Waals surface area contributed by atoms with Crippen molar-refractivity contribution in [2.45, 2.75) is 65.6 Å². The van der Waals surface area contributed by atoms with Crippen molar-refractivity contribution in [1.82, 2.24) is 19.9 Å². The van der Waals surface area contributed by atoms with Gasteiger partial charge in [-0.15, -0.1) is 5.10 Å². The molecule has 186 valence electrons. The van der Waals surface area contributed by atoms with Gasteiger partial charge in [-0.3, -0.25) is 4.79 Å². The van der Waals surface area contributed by atoms with Gasteiger partial charge in [0.05, 0.1) is 12.0 Å². The first-order chi connectivity index (χ1) is 16.2. The summed E-state index contributed by atoms with van der Waals surface area (Å²) in [6.07, 6.45) is 3.39. The highest BCUT2D eigenvalue weighted by Crippen LogP contribution is 2.32. The van der Waals surface area contributed by atoms with Crippen LogP contribution in [0.3, 0.4) is 0 Å². The van der Waals surface area contributed by atoms with Crippen molar-refractivity contribution >= 4 is 12.1 Å². The number of aromatic nitrogens is 3. The molecule has 1 aliphatic rings. The average molecular weight is 473 g/mol. The van der Waals surface area contributed by atoms with Crippen LogP contribution in [0.25, 0.3) is 11.3 Å². The number of carbonyl (C=O) groups excluding carboxylic acids is 1. The van der Waals surface area contributed by atoms with Gasteiger partial charge >= 0.3 is 12.1 Å². The molecule has 0 saturated heterocycles. The summed E-state index contributed by atoms with van der Waals surface area (Å²) in [5.41, 5.74) is 3.13. The molecular weight excluding hydrogens is 436 g/mol. The minimum atomic E-state index is -0.748. The molecule has 2 aromatic rings. The van der Waals surface area contributed by atoms with Gasteiger partial charge in [-0.1, -0.05) is 19.1 Å².